The van der Waals surface area contributed by atoms with Crippen LogP contribution in [0.3, 0.4) is 0 Å². The summed E-state index contributed by atoms with van der Waals surface area (Å²) in [6.45, 7) is 4.57. The van der Waals surface area contributed by atoms with E-state index in [9.17, 15) is 4.79 Å². The number of piperidine rings is 3. The molecule has 2 aromatic rings. The first-order chi connectivity index (χ1) is 10.7. The molecule has 5 rings (SSSR count). The van der Waals surface area contributed by atoms with E-state index in [2.05, 4.69) is 22.1 Å². The van der Waals surface area contributed by atoms with Gasteiger partial charge in [-0.05, 0) is 50.9 Å². The lowest BCUT2D eigenvalue weighted by atomic mass is 9.79. The van der Waals surface area contributed by atoms with Crippen LogP contribution in [0.25, 0.3) is 10.8 Å². The molecule has 3 fully saturated rings. The lowest BCUT2D eigenvalue weighted by molar-refractivity contribution is 0.0218. The summed E-state index contributed by atoms with van der Waals surface area (Å²) in [7, 11) is 0. The fourth-order valence-electron chi connectivity index (χ4n) is 3.69. The van der Waals surface area contributed by atoms with Crippen LogP contribution >= 0.6 is 11.3 Å². The first-order valence-electron chi connectivity index (χ1n) is 7.77. The van der Waals surface area contributed by atoms with Crippen LogP contribution in [0, 0.1) is 5.92 Å². The van der Waals surface area contributed by atoms with Gasteiger partial charge in [-0.15, -0.1) is 11.3 Å². The zero-order valence-electron chi connectivity index (χ0n) is 12.5. The second kappa shape index (κ2) is 5.52. The highest BCUT2D eigenvalue weighted by atomic mass is 32.1. The highest BCUT2D eigenvalue weighted by Crippen LogP contribution is 2.33. The summed E-state index contributed by atoms with van der Waals surface area (Å²) in [5, 5.41) is 3.25. The largest absolute Gasteiger partial charge is 0.444 e. The minimum Gasteiger partial charge on any atom is -0.444 e. The zero-order chi connectivity index (χ0) is 15.1. The Kier molecular flexibility index (Phi) is 3.50. The number of aromatic nitrogens is 1. The van der Waals surface area contributed by atoms with Crippen molar-refractivity contribution in [2.24, 2.45) is 5.92 Å². The Morgan fingerprint density at radius 3 is 2.91 bits per heavy atom. The van der Waals surface area contributed by atoms with Crippen LogP contribution in [-0.4, -0.2) is 41.0 Å². The van der Waals surface area contributed by atoms with Gasteiger partial charge in [-0.2, -0.15) is 0 Å². The number of amides is 1. The van der Waals surface area contributed by atoms with Gasteiger partial charge in [-0.1, -0.05) is 0 Å². The summed E-state index contributed by atoms with van der Waals surface area (Å²) in [5.74, 6) is 1.21. The van der Waals surface area contributed by atoms with Gasteiger partial charge in [0.2, 0.25) is 5.89 Å². The van der Waals surface area contributed by atoms with Gasteiger partial charge < -0.3 is 9.73 Å². The number of nitrogens with zero attached hydrogens (tertiary/aromatic N) is 2. The topological polar surface area (TPSA) is 58.4 Å². The Bertz CT molecular complexity index is 657. The molecular formula is C16H19N3O2S. The lowest BCUT2D eigenvalue weighted by Gasteiger charge is -2.49. The molecule has 3 aliphatic heterocycles. The van der Waals surface area contributed by atoms with Gasteiger partial charge in [0.1, 0.15) is 6.26 Å². The van der Waals surface area contributed by atoms with Crippen molar-refractivity contribution in [2.45, 2.75) is 31.8 Å². The predicted molar refractivity (Wildman–Crippen MR) is 84.8 cm³/mol. The second-order valence-corrected chi connectivity index (χ2v) is 7.20. The van der Waals surface area contributed by atoms with Gasteiger partial charge >= 0.3 is 0 Å². The quantitative estimate of drug-likeness (QED) is 0.945. The summed E-state index contributed by atoms with van der Waals surface area (Å²) in [5.41, 5.74) is 0. The Hall–Kier alpha value is -1.66. The maximum Gasteiger partial charge on any atom is 0.261 e. The summed E-state index contributed by atoms with van der Waals surface area (Å²) in [6, 6.07) is 4.45. The fraction of sp³-hybridized carbons (Fsp3) is 0.500. The van der Waals surface area contributed by atoms with Crippen LogP contribution in [0.15, 0.2) is 29.0 Å². The van der Waals surface area contributed by atoms with Crippen molar-refractivity contribution in [3.05, 3.63) is 29.5 Å². The van der Waals surface area contributed by atoms with E-state index in [1.807, 2.05) is 12.1 Å². The van der Waals surface area contributed by atoms with Crippen molar-refractivity contribution in [3.63, 3.8) is 0 Å². The number of carbonyl (C=O) groups excluding carboxylic acids is 1. The fourth-order valence-corrected chi connectivity index (χ4v) is 4.54. The van der Waals surface area contributed by atoms with E-state index in [-0.39, 0.29) is 11.9 Å². The van der Waals surface area contributed by atoms with E-state index in [0.717, 1.165) is 9.75 Å². The summed E-state index contributed by atoms with van der Waals surface area (Å²) >= 11 is 1.43. The van der Waals surface area contributed by atoms with Gasteiger partial charge in [-0.3, -0.25) is 9.69 Å². The lowest BCUT2D eigenvalue weighted by Crippen LogP contribution is -2.62. The maximum absolute atomic E-state index is 12.5. The van der Waals surface area contributed by atoms with Crippen molar-refractivity contribution in [2.75, 3.05) is 13.1 Å². The standard InChI is InChI=1S/C16H19N3O2S/c1-10-14(11-4-7-19(10)8-5-11)18-15(20)12-2-3-13(22-12)16-17-6-9-21-16/h2-3,6,9-11,14H,4-5,7-8H2,1H3,(H,18,20). The minimum absolute atomic E-state index is 0.0217. The van der Waals surface area contributed by atoms with E-state index in [0.29, 0.717) is 17.9 Å². The van der Waals surface area contributed by atoms with Gasteiger partial charge in [0.15, 0.2) is 0 Å². The monoisotopic (exact) mass is 317 g/mol. The average molecular weight is 317 g/mol. The smallest absolute Gasteiger partial charge is 0.261 e. The highest BCUT2D eigenvalue weighted by Gasteiger charge is 2.40. The van der Waals surface area contributed by atoms with E-state index in [4.69, 9.17) is 4.42 Å². The minimum atomic E-state index is 0.0217. The molecule has 0 aromatic carbocycles. The molecule has 22 heavy (non-hydrogen) atoms. The van der Waals surface area contributed by atoms with E-state index >= 15 is 0 Å². The second-order valence-electron chi connectivity index (χ2n) is 6.11. The van der Waals surface area contributed by atoms with Crippen molar-refractivity contribution in [1.82, 2.24) is 15.2 Å². The molecule has 2 atom stereocenters. The molecule has 2 unspecified atom stereocenters. The molecule has 1 N–H and O–H groups in total. The van der Waals surface area contributed by atoms with Crippen LogP contribution in [-0.2, 0) is 0 Å². The Labute approximate surface area is 133 Å². The number of fused-ring (bicyclic) bond motifs is 3. The average Bonchev–Trinajstić information content (AvgIpc) is 3.21. The van der Waals surface area contributed by atoms with E-state index < -0.39 is 0 Å². The Morgan fingerprint density at radius 1 is 1.41 bits per heavy atom. The van der Waals surface area contributed by atoms with E-state index in [1.54, 1.807) is 12.5 Å². The van der Waals surface area contributed by atoms with Crippen molar-refractivity contribution >= 4 is 17.2 Å². The Morgan fingerprint density at radius 2 is 2.23 bits per heavy atom. The van der Waals surface area contributed by atoms with Crippen LogP contribution in [0.1, 0.15) is 29.4 Å². The molecule has 2 aromatic heterocycles. The van der Waals surface area contributed by atoms with Gasteiger partial charge in [-0.25, -0.2) is 4.98 Å². The molecule has 3 aliphatic rings. The molecule has 5 nitrogen and oxygen atoms in total. The molecule has 0 aliphatic carbocycles. The molecule has 116 valence electrons. The third-order valence-electron chi connectivity index (χ3n) is 4.95. The normalized spacial score (nSPS) is 30.4. The summed E-state index contributed by atoms with van der Waals surface area (Å²) in [4.78, 5) is 20.8. The molecule has 6 heteroatoms. The third kappa shape index (κ3) is 2.36. The number of rotatable bonds is 3. The zero-order valence-corrected chi connectivity index (χ0v) is 13.3. The number of thiophene rings is 1. The molecule has 0 saturated carbocycles. The van der Waals surface area contributed by atoms with Gasteiger partial charge in [0, 0.05) is 12.1 Å². The van der Waals surface area contributed by atoms with E-state index in [1.165, 1.54) is 37.3 Å². The predicted octanol–water partition coefficient (Wildman–Crippen LogP) is 2.62. The molecule has 0 radical (unpaired) electrons. The van der Waals surface area contributed by atoms with Crippen molar-refractivity contribution in [3.8, 4) is 10.8 Å². The molecule has 1 amide bonds. The van der Waals surface area contributed by atoms with Crippen molar-refractivity contribution in [1.29, 1.82) is 0 Å². The number of nitrogens with one attached hydrogen (secondary N) is 1. The molecule has 0 spiro atoms. The number of hydrogen-bond acceptors (Lipinski definition) is 5. The number of hydrogen-bond donors (Lipinski definition) is 1. The highest BCUT2D eigenvalue weighted by molar-refractivity contribution is 7.17. The molecular weight excluding hydrogens is 298 g/mol. The molecule has 2 bridgehead atoms. The van der Waals surface area contributed by atoms with Crippen LogP contribution in [0.4, 0.5) is 0 Å². The first-order valence-corrected chi connectivity index (χ1v) is 8.58. The number of oxazole rings is 1. The van der Waals surface area contributed by atoms with Crippen LogP contribution in [0.5, 0.6) is 0 Å². The maximum atomic E-state index is 12.5. The summed E-state index contributed by atoms with van der Waals surface area (Å²) < 4.78 is 5.28. The SMILES string of the molecule is CC1C(NC(=O)c2ccc(-c3ncco3)s2)C2CCN1CC2. The van der Waals surface area contributed by atoms with Crippen LogP contribution < -0.4 is 5.32 Å². The third-order valence-corrected chi connectivity index (χ3v) is 6.02. The Balaban J connectivity index is 1.48. The molecule has 5 heterocycles. The van der Waals surface area contributed by atoms with Crippen LogP contribution in [0.2, 0.25) is 0 Å². The van der Waals surface area contributed by atoms with Gasteiger partial charge in [0.05, 0.1) is 16.0 Å². The number of carbonyl (C=O) groups is 1. The van der Waals surface area contributed by atoms with Crippen molar-refractivity contribution < 1.29 is 9.21 Å². The first kappa shape index (κ1) is 14.0. The van der Waals surface area contributed by atoms with Gasteiger partial charge in [0.25, 0.3) is 5.91 Å². The molecule has 3 saturated heterocycles. The summed E-state index contributed by atoms with van der Waals surface area (Å²) in [6.07, 6.45) is 5.55.